The Bertz CT molecular complexity index is 965. The Morgan fingerprint density at radius 1 is 1.15 bits per heavy atom. The molecule has 3 rings (SSSR count). The van der Waals surface area contributed by atoms with Gasteiger partial charge < -0.3 is 25.7 Å². The van der Waals surface area contributed by atoms with E-state index in [2.05, 4.69) is 10.3 Å². The van der Waals surface area contributed by atoms with Crippen LogP contribution in [0.5, 0.6) is 5.75 Å². The summed E-state index contributed by atoms with van der Waals surface area (Å²) >= 11 is 0. The minimum atomic E-state index is -1.15. The Hall–Kier alpha value is -3.65. The fourth-order valence-corrected chi connectivity index (χ4v) is 2.45. The summed E-state index contributed by atoms with van der Waals surface area (Å²) in [5, 5.41) is 21.0. The minimum absolute atomic E-state index is 0.0243. The number of para-hydroxylation sites is 1. The van der Waals surface area contributed by atoms with Crippen LogP contribution in [-0.2, 0) is 11.2 Å². The second kappa shape index (κ2) is 7.71. The SMILES string of the molecule is NC(Cc1ncc(-c2ccc(O)cc2)o1)C(=O)Nc1ccccc1C(=O)O. The zero-order chi connectivity index (χ0) is 19.4. The lowest BCUT2D eigenvalue weighted by molar-refractivity contribution is -0.117. The molecule has 27 heavy (non-hydrogen) atoms. The van der Waals surface area contributed by atoms with Gasteiger partial charge in [0.1, 0.15) is 5.75 Å². The highest BCUT2D eigenvalue weighted by atomic mass is 16.4. The highest BCUT2D eigenvalue weighted by molar-refractivity contribution is 6.02. The Balaban J connectivity index is 1.67. The average molecular weight is 367 g/mol. The van der Waals surface area contributed by atoms with Crippen LogP contribution in [0.4, 0.5) is 5.69 Å². The molecule has 0 radical (unpaired) electrons. The van der Waals surface area contributed by atoms with Gasteiger partial charge in [0.15, 0.2) is 11.7 Å². The molecule has 0 saturated carbocycles. The number of aromatic nitrogens is 1. The van der Waals surface area contributed by atoms with Crippen molar-refractivity contribution in [1.82, 2.24) is 4.98 Å². The molecular weight excluding hydrogens is 350 g/mol. The molecule has 5 N–H and O–H groups in total. The van der Waals surface area contributed by atoms with Gasteiger partial charge >= 0.3 is 5.97 Å². The van der Waals surface area contributed by atoms with Crippen LogP contribution >= 0.6 is 0 Å². The van der Waals surface area contributed by atoms with Crippen LogP contribution in [-0.4, -0.2) is 33.1 Å². The van der Waals surface area contributed by atoms with E-state index in [9.17, 15) is 14.7 Å². The molecule has 1 amide bonds. The number of nitrogens with zero attached hydrogens (tertiary/aromatic N) is 1. The molecule has 0 fully saturated rings. The van der Waals surface area contributed by atoms with Crippen LogP contribution in [0.15, 0.2) is 59.1 Å². The maximum absolute atomic E-state index is 12.3. The van der Waals surface area contributed by atoms with E-state index in [0.29, 0.717) is 5.76 Å². The number of nitrogens with one attached hydrogen (secondary N) is 1. The number of nitrogens with two attached hydrogens (primary N) is 1. The van der Waals surface area contributed by atoms with Gasteiger partial charge in [0.2, 0.25) is 5.91 Å². The molecule has 8 nitrogen and oxygen atoms in total. The van der Waals surface area contributed by atoms with Gasteiger partial charge in [-0.25, -0.2) is 9.78 Å². The van der Waals surface area contributed by atoms with Gasteiger partial charge in [0, 0.05) is 12.0 Å². The monoisotopic (exact) mass is 367 g/mol. The first kappa shape index (κ1) is 18.2. The molecule has 0 spiro atoms. The van der Waals surface area contributed by atoms with Crippen molar-refractivity contribution in [2.45, 2.75) is 12.5 Å². The average Bonchev–Trinajstić information content (AvgIpc) is 3.11. The van der Waals surface area contributed by atoms with Crippen molar-refractivity contribution in [1.29, 1.82) is 0 Å². The number of aromatic carboxylic acids is 1. The molecule has 0 aliphatic carbocycles. The summed E-state index contributed by atoms with van der Waals surface area (Å²) in [5.41, 5.74) is 6.77. The van der Waals surface area contributed by atoms with E-state index in [-0.39, 0.29) is 29.3 Å². The number of oxazole rings is 1. The highest BCUT2D eigenvalue weighted by Crippen LogP contribution is 2.23. The first-order chi connectivity index (χ1) is 12.9. The third-order valence-electron chi connectivity index (χ3n) is 3.85. The molecule has 1 aromatic heterocycles. The van der Waals surface area contributed by atoms with E-state index < -0.39 is 17.9 Å². The Labute approximate surface area is 154 Å². The molecule has 2 aromatic carbocycles. The van der Waals surface area contributed by atoms with Crippen molar-refractivity contribution >= 4 is 17.6 Å². The Kier molecular flexibility index (Phi) is 5.18. The molecule has 0 aliphatic heterocycles. The van der Waals surface area contributed by atoms with Crippen molar-refractivity contribution in [2.24, 2.45) is 5.73 Å². The van der Waals surface area contributed by atoms with Gasteiger partial charge in [-0.2, -0.15) is 0 Å². The number of phenolic OH excluding ortho intramolecular Hbond substituents is 1. The zero-order valence-corrected chi connectivity index (χ0v) is 14.1. The smallest absolute Gasteiger partial charge is 0.337 e. The number of benzene rings is 2. The fourth-order valence-electron chi connectivity index (χ4n) is 2.45. The van der Waals surface area contributed by atoms with E-state index >= 15 is 0 Å². The molecule has 0 aliphatic rings. The largest absolute Gasteiger partial charge is 0.508 e. The summed E-state index contributed by atoms with van der Waals surface area (Å²) in [6, 6.07) is 11.5. The standard InChI is InChI=1S/C19H17N3O5/c20-14(18(24)22-15-4-2-1-3-13(15)19(25)26)9-17-21-10-16(27-17)11-5-7-12(23)8-6-11/h1-8,10,14,23H,9,20H2,(H,22,24)(H,25,26). The Morgan fingerprint density at radius 3 is 2.56 bits per heavy atom. The summed E-state index contributed by atoms with van der Waals surface area (Å²) in [7, 11) is 0. The van der Waals surface area contributed by atoms with Gasteiger partial charge in [-0.3, -0.25) is 4.79 Å². The van der Waals surface area contributed by atoms with Gasteiger partial charge in [0.05, 0.1) is 23.5 Å². The number of carbonyl (C=O) groups excluding carboxylic acids is 1. The molecule has 0 bridgehead atoms. The number of aromatic hydroxyl groups is 1. The maximum Gasteiger partial charge on any atom is 0.337 e. The third-order valence-corrected chi connectivity index (χ3v) is 3.85. The second-order valence-corrected chi connectivity index (χ2v) is 5.82. The zero-order valence-electron chi connectivity index (χ0n) is 14.1. The van der Waals surface area contributed by atoms with Gasteiger partial charge in [-0.1, -0.05) is 12.1 Å². The molecule has 8 heteroatoms. The molecule has 1 heterocycles. The number of amides is 1. The van der Waals surface area contributed by atoms with E-state index in [0.717, 1.165) is 5.56 Å². The maximum atomic E-state index is 12.3. The van der Waals surface area contributed by atoms with E-state index in [1.54, 1.807) is 24.3 Å². The minimum Gasteiger partial charge on any atom is -0.508 e. The fraction of sp³-hybridized carbons (Fsp3) is 0.105. The van der Waals surface area contributed by atoms with Crippen LogP contribution in [0, 0.1) is 0 Å². The molecular formula is C19H17N3O5. The number of phenols is 1. The lowest BCUT2D eigenvalue weighted by Crippen LogP contribution is -2.37. The predicted octanol–water partition coefficient (Wildman–Crippen LogP) is 2.25. The van der Waals surface area contributed by atoms with Crippen LogP contribution in [0.2, 0.25) is 0 Å². The number of anilines is 1. The first-order valence-corrected chi connectivity index (χ1v) is 8.07. The lowest BCUT2D eigenvalue weighted by Gasteiger charge is -2.12. The molecule has 1 atom stereocenters. The number of hydrogen-bond donors (Lipinski definition) is 4. The number of rotatable bonds is 6. The van der Waals surface area contributed by atoms with Crippen LogP contribution in [0.3, 0.4) is 0 Å². The van der Waals surface area contributed by atoms with E-state index in [4.69, 9.17) is 15.3 Å². The van der Waals surface area contributed by atoms with Crippen molar-refractivity contribution < 1.29 is 24.2 Å². The quantitative estimate of drug-likeness (QED) is 0.524. The Morgan fingerprint density at radius 2 is 1.85 bits per heavy atom. The first-order valence-electron chi connectivity index (χ1n) is 8.07. The topological polar surface area (TPSA) is 139 Å². The highest BCUT2D eigenvalue weighted by Gasteiger charge is 2.20. The van der Waals surface area contributed by atoms with E-state index in [1.165, 1.54) is 30.5 Å². The van der Waals surface area contributed by atoms with Gasteiger partial charge in [-0.05, 0) is 36.4 Å². The summed E-state index contributed by atoms with van der Waals surface area (Å²) in [6.45, 7) is 0. The normalized spacial score (nSPS) is 11.7. The number of carboxylic acids is 1. The summed E-state index contributed by atoms with van der Waals surface area (Å²) in [4.78, 5) is 27.6. The van der Waals surface area contributed by atoms with Crippen molar-refractivity contribution in [3.05, 3.63) is 66.2 Å². The van der Waals surface area contributed by atoms with Crippen LogP contribution in [0.1, 0.15) is 16.2 Å². The molecule has 3 aromatic rings. The second-order valence-electron chi connectivity index (χ2n) is 5.82. The van der Waals surface area contributed by atoms with Crippen molar-refractivity contribution in [2.75, 3.05) is 5.32 Å². The predicted molar refractivity (Wildman–Crippen MR) is 97.3 cm³/mol. The van der Waals surface area contributed by atoms with Crippen LogP contribution < -0.4 is 11.1 Å². The lowest BCUT2D eigenvalue weighted by atomic mass is 10.1. The summed E-state index contributed by atoms with van der Waals surface area (Å²) in [5.74, 6) is -0.807. The number of carbonyl (C=O) groups is 2. The van der Waals surface area contributed by atoms with Crippen LogP contribution in [0.25, 0.3) is 11.3 Å². The molecule has 138 valence electrons. The van der Waals surface area contributed by atoms with Crippen molar-refractivity contribution in [3.63, 3.8) is 0 Å². The van der Waals surface area contributed by atoms with Gasteiger partial charge in [0.25, 0.3) is 0 Å². The number of carboxylic acid groups (broad SMARTS) is 1. The van der Waals surface area contributed by atoms with Gasteiger partial charge in [-0.15, -0.1) is 0 Å². The third kappa shape index (κ3) is 4.31. The summed E-state index contributed by atoms with van der Waals surface area (Å²) < 4.78 is 5.60. The van der Waals surface area contributed by atoms with E-state index in [1.807, 2.05) is 0 Å². The number of hydrogen-bond acceptors (Lipinski definition) is 6. The van der Waals surface area contributed by atoms with Crippen molar-refractivity contribution in [3.8, 4) is 17.1 Å². The molecule has 1 unspecified atom stereocenters. The summed E-state index contributed by atoms with van der Waals surface area (Å²) in [6.07, 6.45) is 1.55. The molecule has 0 saturated heterocycles.